The van der Waals surface area contributed by atoms with E-state index in [0.29, 0.717) is 5.92 Å². The predicted octanol–water partition coefficient (Wildman–Crippen LogP) is 3.29. The highest BCUT2D eigenvalue weighted by molar-refractivity contribution is 5.74. The van der Waals surface area contributed by atoms with Gasteiger partial charge in [-0.25, -0.2) is 9.97 Å². The van der Waals surface area contributed by atoms with Crippen LogP contribution < -0.4 is 10.6 Å². The second-order valence-corrected chi connectivity index (χ2v) is 4.79. The Kier molecular flexibility index (Phi) is 4.32. The lowest BCUT2D eigenvalue weighted by Crippen LogP contribution is -2.06. The van der Waals surface area contributed by atoms with Crippen LogP contribution >= 0.6 is 0 Å². The van der Waals surface area contributed by atoms with Crippen molar-refractivity contribution in [3.8, 4) is 0 Å². The zero-order chi connectivity index (χ0) is 15.4. The average Bonchev–Trinajstić information content (AvgIpc) is 2.47. The first kappa shape index (κ1) is 14.7. The zero-order valence-corrected chi connectivity index (χ0v) is 12.1. The lowest BCUT2D eigenvalue weighted by atomic mass is 10.0. The van der Waals surface area contributed by atoms with Gasteiger partial charge in [0, 0.05) is 12.7 Å². The Morgan fingerprint density at radius 1 is 1.19 bits per heavy atom. The van der Waals surface area contributed by atoms with E-state index in [0.717, 1.165) is 11.3 Å². The topological polar surface area (TPSA) is 93.0 Å². The quantitative estimate of drug-likeness (QED) is 0.647. The fourth-order valence-electron chi connectivity index (χ4n) is 2.07. The number of rotatable bonds is 5. The van der Waals surface area contributed by atoms with Crippen molar-refractivity contribution in [3.63, 3.8) is 0 Å². The fraction of sp³-hybridized carbons (Fsp3) is 0.286. The van der Waals surface area contributed by atoms with Crippen molar-refractivity contribution in [2.45, 2.75) is 19.8 Å². The summed E-state index contributed by atoms with van der Waals surface area (Å²) in [4.78, 5) is 18.6. The molecule has 1 aromatic heterocycles. The molecular weight excluding hydrogens is 270 g/mol. The summed E-state index contributed by atoms with van der Waals surface area (Å²) in [7, 11) is 1.58. The SMILES string of the molecule is CNc1ncnc(Nc2ccccc2C(C)C)c1[N+](=O)[O-]. The van der Waals surface area contributed by atoms with Gasteiger partial charge in [-0.2, -0.15) is 0 Å². The minimum atomic E-state index is -0.494. The Morgan fingerprint density at radius 2 is 1.86 bits per heavy atom. The van der Waals surface area contributed by atoms with E-state index in [4.69, 9.17) is 0 Å². The number of nitrogens with one attached hydrogen (secondary N) is 2. The molecule has 1 aromatic carbocycles. The molecule has 21 heavy (non-hydrogen) atoms. The van der Waals surface area contributed by atoms with Crippen LogP contribution in [0.2, 0.25) is 0 Å². The van der Waals surface area contributed by atoms with Crippen LogP contribution in [0.15, 0.2) is 30.6 Å². The van der Waals surface area contributed by atoms with Crippen molar-refractivity contribution < 1.29 is 4.92 Å². The molecule has 0 aliphatic rings. The summed E-state index contributed by atoms with van der Waals surface area (Å²) in [5.74, 6) is 0.644. The van der Waals surface area contributed by atoms with Crippen LogP contribution in [0.1, 0.15) is 25.3 Å². The molecule has 0 saturated heterocycles. The molecule has 110 valence electrons. The molecule has 2 rings (SSSR count). The van der Waals surface area contributed by atoms with Gasteiger partial charge in [0.25, 0.3) is 0 Å². The summed E-state index contributed by atoms with van der Waals surface area (Å²) < 4.78 is 0. The smallest absolute Gasteiger partial charge is 0.353 e. The molecule has 2 aromatic rings. The number of hydrogen-bond acceptors (Lipinski definition) is 6. The van der Waals surface area contributed by atoms with Crippen LogP contribution in [0.25, 0.3) is 0 Å². The third kappa shape index (κ3) is 3.07. The van der Waals surface area contributed by atoms with E-state index in [-0.39, 0.29) is 17.3 Å². The summed E-state index contributed by atoms with van der Waals surface area (Å²) in [6.45, 7) is 4.13. The Hall–Kier alpha value is -2.70. The second kappa shape index (κ2) is 6.17. The van der Waals surface area contributed by atoms with E-state index in [1.165, 1.54) is 6.33 Å². The number of nitrogens with zero attached hydrogens (tertiary/aromatic N) is 3. The van der Waals surface area contributed by atoms with Crippen LogP contribution in [-0.2, 0) is 0 Å². The molecule has 0 unspecified atom stereocenters. The van der Waals surface area contributed by atoms with Crippen molar-refractivity contribution in [2.24, 2.45) is 0 Å². The molecule has 7 nitrogen and oxygen atoms in total. The fourth-order valence-corrected chi connectivity index (χ4v) is 2.07. The first-order valence-corrected chi connectivity index (χ1v) is 6.57. The number of para-hydroxylation sites is 1. The largest absolute Gasteiger partial charge is 0.367 e. The second-order valence-electron chi connectivity index (χ2n) is 4.79. The Bertz CT molecular complexity index is 658. The number of nitro groups is 1. The normalized spacial score (nSPS) is 10.5. The van der Waals surface area contributed by atoms with E-state index in [1.54, 1.807) is 7.05 Å². The molecule has 2 N–H and O–H groups in total. The number of anilines is 3. The van der Waals surface area contributed by atoms with E-state index in [9.17, 15) is 10.1 Å². The molecule has 0 bridgehead atoms. The highest BCUT2D eigenvalue weighted by Crippen LogP contribution is 2.33. The molecule has 0 amide bonds. The Morgan fingerprint density at radius 3 is 2.48 bits per heavy atom. The van der Waals surface area contributed by atoms with Crippen molar-refractivity contribution in [1.29, 1.82) is 0 Å². The number of aromatic nitrogens is 2. The summed E-state index contributed by atoms with van der Waals surface area (Å²) in [5.41, 5.74) is 1.70. The molecule has 0 fully saturated rings. The average molecular weight is 287 g/mol. The molecule has 0 atom stereocenters. The van der Waals surface area contributed by atoms with Gasteiger partial charge in [0.15, 0.2) is 0 Å². The first-order chi connectivity index (χ1) is 10.0. The maximum atomic E-state index is 11.3. The summed E-state index contributed by atoms with van der Waals surface area (Å²) in [5, 5.41) is 17.0. The molecule has 0 spiro atoms. The Labute approximate surface area is 122 Å². The van der Waals surface area contributed by atoms with Crippen molar-refractivity contribution in [1.82, 2.24) is 9.97 Å². The standard InChI is InChI=1S/C14H17N5O2/c1-9(2)10-6-4-5-7-11(10)18-14-12(19(20)21)13(15-3)16-8-17-14/h4-9H,1-3H3,(H2,15,16,17,18). The van der Waals surface area contributed by atoms with Gasteiger partial charge in [-0.15, -0.1) is 0 Å². The molecule has 1 heterocycles. The monoisotopic (exact) mass is 287 g/mol. The van der Waals surface area contributed by atoms with Crippen molar-refractivity contribution >= 4 is 23.0 Å². The number of benzene rings is 1. The highest BCUT2D eigenvalue weighted by Gasteiger charge is 2.22. The van der Waals surface area contributed by atoms with Gasteiger partial charge >= 0.3 is 5.69 Å². The Balaban J connectivity index is 2.48. The summed E-state index contributed by atoms with van der Waals surface area (Å²) in [6, 6.07) is 7.67. The van der Waals surface area contributed by atoms with Gasteiger partial charge in [0.1, 0.15) is 6.33 Å². The van der Waals surface area contributed by atoms with Crippen LogP contribution in [0.5, 0.6) is 0 Å². The minimum absolute atomic E-state index is 0.168. The van der Waals surface area contributed by atoms with Gasteiger partial charge in [-0.3, -0.25) is 10.1 Å². The van der Waals surface area contributed by atoms with E-state index < -0.39 is 4.92 Å². The summed E-state index contributed by atoms with van der Waals surface area (Å²) >= 11 is 0. The molecular formula is C14H17N5O2. The highest BCUT2D eigenvalue weighted by atomic mass is 16.6. The minimum Gasteiger partial charge on any atom is -0.367 e. The lowest BCUT2D eigenvalue weighted by molar-refractivity contribution is -0.383. The van der Waals surface area contributed by atoms with Crippen LogP contribution in [0, 0.1) is 10.1 Å². The van der Waals surface area contributed by atoms with Gasteiger partial charge in [0.2, 0.25) is 11.6 Å². The first-order valence-electron chi connectivity index (χ1n) is 6.57. The van der Waals surface area contributed by atoms with E-state index in [2.05, 4.69) is 34.4 Å². The van der Waals surface area contributed by atoms with Gasteiger partial charge < -0.3 is 10.6 Å². The van der Waals surface area contributed by atoms with E-state index >= 15 is 0 Å². The number of hydrogen-bond donors (Lipinski definition) is 2. The molecule has 0 aliphatic heterocycles. The van der Waals surface area contributed by atoms with Crippen LogP contribution in [0.4, 0.5) is 23.0 Å². The third-order valence-electron chi connectivity index (χ3n) is 3.08. The van der Waals surface area contributed by atoms with Gasteiger partial charge in [0.05, 0.1) is 4.92 Å². The van der Waals surface area contributed by atoms with Gasteiger partial charge in [-0.1, -0.05) is 32.0 Å². The molecule has 0 radical (unpaired) electrons. The van der Waals surface area contributed by atoms with Crippen LogP contribution in [-0.4, -0.2) is 21.9 Å². The molecule has 0 saturated carbocycles. The van der Waals surface area contributed by atoms with Gasteiger partial charge in [-0.05, 0) is 17.5 Å². The van der Waals surface area contributed by atoms with Crippen LogP contribution in [0.3, 0.4) is 0 Å². The maximum Gasteiger partial charge on any atom is 0.353 e. The van der Waals surface area contributed by atoms with Crippen molar-refractivity contribution in [3.05, 3.63) is 46.3 Å². The van der Waals surface area contributed by atoms with E-state index in [1.807, 2.05) is 24.3 Å². The molecule has 7 heteroatoms. The third-order valence-corrected chi connectivity index (χ3v) is 3.08. The predicted molar refractivity (Wildman–Crippen MR) is 82.0 cm³/mol. The maximum absolute atomic E-state index is 11.3. The zero-order valence-electron chi connectivity index (χ0n) is 12.1. The van der Waals surface area contributed by atoms with Crippen molar-refractivity contribution in [2.75, 3.05) is 17.7 Å². The molecule has 0 aliphatic carbocycles. The summed E-state index contributed by atoms with van der Waals surface area (Å²) in [6.07, 6.45) is 1.29. The lowest BCUT2D eigenvalue weighted by Gasteiger charge is -2.14.